The van der Waals surface area contributed by atoms with Crippen LogP contribution in [-0.4, -0.2) is 22.2 Å². The average Bonchev–Trinajstić information content (AvgIpc) is 2.81. The molecule has 0 saturated heterocycles. The Morgan fingerprint density at radius 3 is 1.82 bits per heavy atom. The highest BCUT2D eigenvalue weighted by Gasteiger charge is 2.18. The molecule has 1 aliphatic heterocycles. The number of aromatic carboxylic acids is 2. The Kier molecular flexibility index (Phi) is 2.61. The van der Waals surface area contributed by atoms with Crippen LogP contribution in [0.3, 0.4) is 0 Å². The van der Waals surface area contributed by atoms with Crippen molar-refractivity contribution >= 4 is 11.9 Å². The van der Waals surface area contributed by atoms with Gasteiger partial charge in [0.25, 0.3) is 0 Å². The van der Waals surface area contributed by atoms with Gasteiger partial charge < -0.3 is 10.2 Å². The molecule has 2 rings (SSSR count). The predicted molar refractivity (Wildman–Crippen MR) is 52.8 cm³/mol. The highest BCUT2D eigenvalue weighted by atomic mass is 16.4. The van der Waals surface area contributed by atoms with E-state index in [1.165, 1.54) is 12.1 Å². The molecule has 0 unspecified atom stereocenters. The SMILES string of the molecule is O=C(O)c1cc(C(=O)O)cc(C2N=NN=N2)c1. The molecule has 1 aliphatic rings. The van der Waals surface area contributed by atoms with E-state index in [4.69, 9.17) is 10.2 Å². The molecule has 0 aromatic heterocycles. The Labute approximate surface area is 94.3 Å². The summed E-state index contributed by atoms with van der Waals surface area (Å²) in [5.74, 6) is -2.44. The van der Waals surface area contributed by atoms with Crippen molar-refractivity contribution in [3.05, 3.63) is 34.9 Å². The van der Waals surface area contributed by atoms with Gasteiger partial charge in [-0.3, -0.25) is 0 Å². The summed E-state index contributed by atoms with van der Waals surface area (Å²) in [6.07, 6.45) is -0.771. The Morgan fingerprint density at radius 1 is 0.941 bits per heavy atom. The first-order chi connectivity index (χ1) is 8.08. The minimum atomic E-state index is -1.22. The van der Waals surface area contributed by atoms with Crippen LogP contribution in [0.15, 0.2) is 38.9 Å². The topological polar surface area (TPSA) is 124 Å². The number of rotatable bonds is 3. The van der Waals surface area contributed by atoms with E-state index in [0.717, 1.165) is 6.07 Å². The molecule has 0 spiro atoms. The normalized spacial score (nSPS) is 14.1. The molecule has 0 atom stereocenters. The Morgan fingerprint density at radius 2 is 1.41 bits per heavy atom. The Bertz CT molecular complexity index is 508. The molecule has 0 radical (unpaired) electrons. The number of nitrogens with zero attached hydrogens (tertiary/aromatic N) is 4. The van der Waals surface area contributed by atoms with E-state index in [1.54, 1.807) is 0 Å². The lowest BCUT2D eigenvalue weighted by molar-refractivity contribution is 0.0696. The van der Waals surface area contributed by atoms with Gasteiger partial charge in [0.1, 0.15) is 0 Å². The first kappa shape index (κ1) is 10.9. The molecule has 8 nitrogen and oxygen atoms in total. The number of hydrogen-bond acceptors (Lipinski definition) is 6. The van der Waals surface area contributed by atoms with Crippen molar-refractivity contribution in [2.45, 2.75) is 6.17 Å². The van der Waals surface area contributed by atoms with Gasteiger partial charge in [-0.2, -0.15) is 0 Å². The van der Waals surface area contributed by atoms with Gasteiger partial charge in [-0.05, 0) is 28.6 Å². The second-order valence-electron chi connectivity index (χ2n) is 3.24. The fourth-order valence-electron chi connectivity index (χ4n) is 1.35. The summed E-state index contributed by atoms with van der Waals surface area (Å²) in [5, 5.41) is 31.5. The van der Waals surface area contributed by atoms with E-state index >= 15 is 0 Å². The van der Waals surface area contributed by atoms with E-state index in [2.05, 4.69) is 20.7 Å². The smallest absolute Gasteiger partial charge is 0.335 e. The minimum Gasteiger partial charge on any atom is -0.478 e. The van der Waals surface area contributed by atoms with E-state index in [-0.39, 0.29) is 11.1 Å². The molecule has 1 aromatic rings. The Hall–Kier alpha value is -2.64. The van der Waals surface area contributed by atoms with Gasteiger partial charge in [-0.1, -0.05) is 0 Å². The highest BCUT2D eigenvalue weighted by molar-refractivity contribution is 5.94. The summed E-state index contributed by atoms with van der Waals surface area (Å²) >= 11 is 0. The summed E-state index contributed by atoms with van der Waals surface area (Å²) in [6.45, 7) is 0. The van der Waals surface area contributed by atoms with Crippen molar-refractivity contribution in [3.8, 4) is 0 Å². The zero-order chi connectivity index (χ0) is 12.4. The van der Waals surface area contributed by atoms with Crippen LogP contribution in [0.25, 0.3) is 0 Å². The molecule has 0 saturated carbocycles. The lowest BCUT2D eigenvalue weighted by Gasteiger charge is -2.05. The molecule has 1 heterocycles. The third kappa shape index (κ3) is 2.14. The van der Waals surface area contributed by atoms with Crippen molar-refractivity contribution in [1.82, 2.24) is 0 Å². The number of benzene rings is 1. The van der Waals surface area contributed by atoms with E-state index in [0.29, 0.717) is 5.56 Å². The summed E-state index contributed by atoms with van der Waals surface area (Å²) in [4.78, 5) is 21.7. The summed E-state index contributed by atoms with van der Waals surface area (Å²) < 4.78 is 0. The van der Waals surface area contributed by atoms with Crippen LogP contribution in [0.4, 0.5) is 0 Å². The zero-order valence-corrected chi connectivity index (χ0v) is 8.31. The Balaban J connectivity index is 2.51. The number of carbonyl (C=O) groups is 2. The van der Waals surface area contributed by atoms with Crippen LogP contribution in [0.2, 0.25) is 0 Å². The molecule has 0 bridgehead atoms. The highest BCUT2D eigenvalue weighted by Crippen LogP contribution is 2.26. The summed E-state index contributed by atoms with van der Waals surface area (Å²) in [7, 11) is 0. The molecular formula is C9H6N4O4. The fraction of sp³-hybridized carbons (Fsp3) is 0.111. The van der Waals surface area contributed by atoms with Gasteiger partial charge in [-0.15, -0.1) is 10.2 Å². The molecule has 0 fully saturated rings. The number of hydrogen-bond donors (Lipinski definition) is 2. The predicted octanol–water partition coefficient (Wildman–Crippen LogP) is 1.91. The van der Waals surface area contributed by atoms with Gasteiger partial charge in [0.15, 0.2) is 0 Å². The molecule has 0 aliphatic carbocycles. The molecule has 2 N–H and O–H groups in total. The second kappa shape index (κ2) is 4.08. The van der Waals surface area contributed by atoms with Crippen LogP contribution in [0.1, 0.15) is 32.4 Å². The molecule has 86 valence electrons. The van der Waals surface area contributed by atoms with E-state index < -0.39 is 18.1 Å². The molecule has 17 heavy (non-hydrogen) atoms. The van der Waals surface area contributed by atoms with Gasteiger partial charge in [-0.25, -0.2) is 9.59 Å². The average molecular weight is 234 g/mol. The molecule has 1 aromatic carbocycles. The lowest BCUT2D eigenvalue weighted by Crippen LogP contribution is -2.05. The molecule has 0 amide bonds. The largest absolute Gasteiger partial charge is 0.478 e. The minimum absolute atomic E-state index is 0.141. The van der Waals surface area contributed by atoms with Gasteiger partial charge in [0.05, 0.1) is 11.1 Å². The van der Waals surface area contributed by atoms with Crippen LogP contribution in [0.5, 0.6) is 0 Å². The van der Waals surface area contributed by atoms with Crippen molar-refractivity contribution in [3.63, 3.8) is 0 Å². The number of carboxylic acid groups (broad SMARTS) is 2. The summed E-state index contributed by atoms with van der Waals surface area (Å²) in [5.41, 5.74) is 0.0432. The van der Waals surface area contributed by atoms with Crippen molar-refractivity contribution in [2.24, 2.45) is 20.7 Å². The van der Waals surface area contributed by atoms with Crippen molar-refractivity contribution < 1.29 is 19.8 Å². The quantitative estimate of drug-likeness (QED) is 0.828. The van der Waals surface area contributed by atoms with Gasteiger partial charge in [0.2, 0.25) is 6.17 Å². The second-order valence-corrected chi connectivity index (χ2v) is 3.24. The first-order valence-corrected chi connectivity index (χ1v) is 4.49. The van der Waals surface area contributed by atoms with Crippen LogP contribution in [0, 0.1) is 0 Å². The van der Waals surface area contributed by atoms with Gasteiger partial charge in [0, 0.05) is 5.56 Å². The fourth-order valence-corrected chi connectivity index (χ4v) is 1.35. The van der Waals surface area contributed by atoms with Crippen LogP contribution >= 0.6 is 0 Å². The maximum atomic E-state index is 10.8. The van der Waals surface area contributed by atoms with Crippen LogP contribution in [-0.2, 0) is 0 Å². The van der Waals surface area contributed by atoms with E-state index in [1.807, 2.05) is 0 Å². The van der Waals surface area contributed by atoms with Crippen molar-refractivity contribution in [2.75, 3.05) is 0 Å². The maximum Gasteiger partial charge on any atom is 0.335 e. The molecule has 8 heteroatoms. The third-order valence-electron chi connectivity index (χ3n) is 2.11. The summed E-state index contributed by atoms with van der Waals surface area (Å²) in [6, 6.07) is 3.66. The maximum absolute atomic E-state index is 10.8. The van der Waals surface area contributed by atoms with Crippen molar-refractivity contribution in [1.29, 1.82) is 0 Å². The first-order valence-electron chi connectivity index (χ1n) is 4.49. The third-order valence-corrected chi connectivity index (χ3v) is 2.11. The standard InChI is InChI=1S/C9H6N4O4/c14-8(15)5-1-4(7-10-12-13-11-7)2-6(3-5)9(16)17/h1-3,7H,(H,14,15)(H,16,17). The number of carboxylic acids is 2. The monoisotopic (exact) mass is 234 g/mol. The van der Waals surface area contributed by atoms with Crippen LogP contribution < -0.4 is 0 Å². The lowest BCUT2D eigenvalue weighted by atomic mass is 10.0. The molecular weight excluding hydrogens is 228 g/mol. The van der Waals surface area contributed by atoms with Gasteiger partial charge >= 0.3 is 11.9 Å². The van der Waals surface area contributed by atoms with E-state index in [9.17, 15) is 9.59 Å². The zero-order valence-electron chi connectivity index (χ0n) is 8.31.